The van der Waals surface area contributed by atoms with Gasteiger partial charge < -0.3 is 15.7 Å². The Bertz CT molecular complexity index is 197. The van der Waals surface area contributed by atoms with Gasteiger partial charge in [0.1, 0.15) is 0 Å². The van der Waals surface area contributed by atoms with E-state index >= 15 is 0 Å². The maximum atomic E-state index is 11.5. The summed E-state index contributed by atoms with van der Waals surface area (Å²) in [6.07, 6.45) is 4.85. The maximum Gasteiger partial charge on any atom is 0.220 e. The summed E-state index contributed by atoms with van der Waals surface area (Å²) in [5.74, 6) is 0.115. The van der Waals surface area contributed by atoms with Crippen LogP contribution in [0, 0.1) is 0 Å². The van der Waals surface area contributed by atoms with Crippen LogP contribution in [0.1, 0.15) is 38.5 Å². The van der Waals surface area contributed by atoms with Crippen LogP contribution in [0.5, 0.6) is 0 Å². The van der Waals surface area contributed by atoms with Crippen LogP contribution in [-0.4, -0.2) is 36.8 Å². The van der Waals surface area contributed by atoms with Crippen LogP contribution in [0.4, 0.5) is 0 Å². The summed E-state index contributed by atoms with van der Waals surface area (Å²) in [6, 6.07) is 0.191. The van der Waals surface area contributed by atoms with Crippen molar-refractivity contribution in [2.24, 2.45) is 0 Å². The summed E-state index contributed by atoms with van der Waals surface area (Å²) in [5.41, 5.74) is 0. The molecule has 0 saturated heterocycles. The van der Waals surface area contributed by atoms with Crippen molar-refractivity contribution < 1.29 is 9.90 Å². The highest BCUT2D eigenvalue weighted by atomic mass is 16.3. The predicted molar refractivity (Wildman–Crippen MR) is 59.6 cm³/mol. The highest BCUT2D eigenvalue weighted by Gasteiger charge is 2.21. The van der Waals surface area contributed by atoms with E-state index in [9.17, 15) is 9.90 Å². The van der Waals surface area contributed by atoms with Crippen molar-refractivity contribution in [1.29, 1.82) is 0 Å². The fourth-order valence-corrected chi connectivity index (χ4v) is 2.02. The molecule has 0 aromatic carbocycles. The molecule has 1 amide bonds. The van der Waals surface area contributed by atoms with Crippen LogP contribution in [-0.2, 0) is 4.79 Å². The molecule has 1 rings (SSSR count). The van der Waals surface area contributed by atoms with E-state index in [1.165, 1.54) is 0 Å². The quantitative estimate of drug-likeness (QED) is 0.581. The minimum absolute atomic E-state index is 0.115. The van der Waals surface area contributed by atoms with Crippen LogP contribution in [0.3, 0.4) is 0 Å². The molecule has 0 radical (unpaired) electrons. The lowest BCUT2D eigenvalue weighted by Crippen LogP contribution is -2.39. The first-order valence-corrected chi connectivity index (χ1v) is 5.84. The largest absolute Gasteiger partial charge is 0.393 e. The Morgan fingerprint density at radius 2 is 2.27 bits per heavy atom. The Kier molecular flexibility index (Phi) is 5.65. The third-order valence-corrected chi connectivity index (χ3v) is 2.84. The van der Waals surface area contributed by atoms with Crippen molar-refractivity contribution in [2.45, 2.75) is 50.7 Å². The molecular weight excluding hydrogens is 192 g/mol. The van der Waals surface area contributed by atoms with Gasteiger partial charge in [-0.3, -0.25) is 4.79 Å². The molecule has 4 nitrogen and oxygen atoms in total. The molecule has 1 fully saturated rings. The molecule has 0 heterocycles. The molecular formula is C11H22N2O2. The molecule has 2 atom stereocenters. The summed E-state index contributed by atoms with van der Waals surface area (Å²) < 4.78 is 0. The number of carbonyl (C=O) groups is 1. The summed E-state index contributed by atoms with van der Waals surface area (Å²) in [7, 11) is 1.88. The number of aliphatic hydroxyl groups is 1. The van der Waals surface area contributed by atoms with Crippen molar-refractivity contribution in [3.63, 3.8) is 0 Å². The molecule has 88 valence electrons. The van der Waals surface area contributed by atoms with Gasteiger partial charge in [0.05, 0.1) is 6.10 Å². The topological polar surface area (TPSA) is 61.4 Å². The molecule has 3 N–H and O–H groups in total. The second kappa shape index (κ2) is 6.80. The summed E-state index contributed by atoms with van der Waals surface area (Å²) in [5, 5.41) is 15.4. The van der Waals surface area contributed by atoms with Crippen molar-refractivity contribution >= 4 is 5.91 Å². The Morgan fingerprint density at radius 3 is 2.93 bits per heavy atom. The number of rotatable bonds is 5. The maximum absolute atomic E-state index is 11.5. The highest BCUT2D eigenvalue weighted by Crippen LogP contribution is 2.18. The molecule has 0 aromatic heterocycles. The molecule has 0 aliphatic heterocycles. The molecule has 1 aliphatic rings. The second-order valence-electron chi connectivity index (χ2n) is 4.29. The van der Waals surface area contributed by atoms with Crippen LogP contribution in [0.25, 0.3) is 0 Å². The smallest absolute Gasteiger partial charge is 0.220 e. The van der Waals surface area contributed by atoms with E-state index in [0.717, 1.165) is 38.6 Å². The first kappa shape index (κ1) is 12.5. The lowest BCUT2D eigenvalue weighted by atomic mass is 9.93. The van der Waals surface area contributed by atoms with Gasteiger partial charge in [-0.25, -0.2) is 0 Å². The predicted octanol–water partition coefficient (Wildman–Crippen LogP) is 0.406. The van der Waals surface area contributed by atoms with Gasteiger partial charge in [-0.2, -0.15) is 0 Å². The molecule has 0 spiro atoms. The SMILES string of the molecule is CNCCCC(=O)NC1CCCC(O)C1. The van der Waals surface area contributed by atoms with Gasteiger partial charge in [0, 0.05) is 12.5 Å². The van der Waals surface area contributed by atoms with E-state index in [1.54, 1.807) is 0 Å². The number of amides is 1. The van der Waals surface area contributed by atoms with E-state index in [4.69, 9.17) is 0 Å². The standard InChI is InChI=1S/C11H22N2O2/c1-12-7-3-6-11(15)13-9-4-2-5-10(14)8-9/h9-10,12,14H,2-8H2,1H3,(H,13,15). The zero-order chi connectivity index (χ0) is 11.1. The lowest BCUT2D eigenvalue weighted by molar-refractivity contribution is -0.122. The van der Waals surface area contributed by atoms with Gasteiger partial charge in [0.15, 0.2) is 0 Å². The molecule has 4 heteroatoms. The Balaban J connectivity index is 2.13. The minimum Gasteiger partial charge on any atom is -0.393 e. The van der Waals surface area contributed by atoms with E-state index in [1.807, 2.05) is 7.05 Å². The minimum atomic E-state index is -0.221. The Morgan fingerprint density at radius 1 is 1.47 bits per heavy atom. The molecule has 1 aliphatic carbocycles. The number of carbonyl (C=O) groups excluding carboxylic acids is 1. The van der Waals surface area contributed by atoms with Crippen molar-refractivity contribution in [3.05, 3.63) is 0 Å². The first-order valence-electron chi connectivity index (χ1n) is 5.84. The van der Waals surface area contributed by atoms with Crippen LogP contribution in [0.15, 0.2) is 0 Å². The van der Waals surface area contributed by atoms with E-state index in [-0.39, 0.29) is 18.1 Å². The van der Waals surface area contributed by atoms with Gasteiger partial charge in [-0.15, -0.1) is 0 Å². The zero-order valence-corrected chi connectivity index (χ0v) is 9.46. The average Bonchev–Trinajstić information content (AvgIpc) is 2.18. The summed E-state index contributed by atoms with van der Waals surface area (Å²) in [6.45, 7) is 0.876. The Hall–Kier alpha value is -0.610. The van der Waals surface area contributed by atoms with Crippen molar-refractivity contribution in [3.8, 4) is 0 Å². The van der Waals surface area contributed by atoms with Crippen molar-refractivity contribution in [1.82, 2.24) is 10.6 Å². The van der Waals surface area contributed by atoms with Gasteiger partial charge >= 0.3 is 0 Å². The highest BCUT2D eigenvalue weighted by molar-refractivity contribution is 5.76. The van der Waals surface area contributed by atoms with Gasteiger partial charge in [0.25, 0.3) is 0 Å². The fourth-order valence-electron chi connectivity index (χ4n) is 2.02. The van der Waals surface area contributed by atoms with Crippen LogP contribution >= 0.6 is 0 Å². The van der Waals surface area contributed by atoms with Gasteiger partial charge in [0.2, 0.25) is 5.91 Å². The first-order chi connectivity index (χ1) is 7.22. The monoisotopic (exact) mass is 214 g/mol. The van der Waals surface area contributed by atoms with Crippen LogP contribution < -0.4 is 10.6 Å². The van der Waals surface area contributed by atoms with Gasteiger partial charge in [-0.05, 0) is 45.7 Å². The van der Waals surface area contributed by atoms with Gasteiger partial charge in [-0.1, -0.05) is 0 Å². The molecule has 0 bridgehead atoms. The van der Waals surface area contributed by atoms with Crippen LogP contribution in [0.2, 0.25) is 0 Å². The zero-order valence-electron chi connectivity index (χ0n) is 9.46. The average molecular weight is 214 g/mol. The number of nitrogens with one attached hydrogen (secondary N) is 2. The second-order valence-corrected chi connectivity index (χ2v) is 4.29. The summed E-state index contributed by atoms with van der Waals surface area (Å²) >= 11 is 0. The molecule has 1 saturated carbocycles. The van der Waals surface area contributed by atoms with Crippen molar-refractivity contribution in [2.75, 3.05) is 13.6 Å². The Labute approximate surface area is 91.4 Å². The molecule has 0 aromatic rings. The third-order valence-electron chi connectivity index (χ3n) is 2.84. The number of hydrogen-bond donors (Lipinski definition) is 3. The van der Waals surface area contributed by atoms with E-state index < -0.39 is 0 Å². The molecule has 15 heavy (non-hydrogen) atoms. The number of aliphatic hydroxyl groups excluding tert-OH is 1. The lowest BCUT2D eigenvalue weighted by Gasteiger charge is -2.26. The summed E-state index contributed by atoms with van der Waals surface area (Å²) in [4.78, 5) is 11.5. The third kappa shape index (κ3) is 5.14. The number of hydrogen-bond acceptors (Lipinski definition) is 3. The van der Waals surface area contributed by atoms with E-state index in [0.29, 0.717) is 6.42 Å². The normalized spacial score (nSPS) is 26.3. The fraction of sp³-hybridized carbons (Fsp3) is 0.909. The molecule has 2 unspecified atom stereocenters. The van der Waals surface area contributed by atoms with E-state index in [2.05, 4.69) is 10.6 Å².